The minimum absolute atomic E-state index is 0.0337. The molecule has 1 aromatic rings. The van der Waals surface area contributed by atoms with Gasteiger partial charge in [-0.05, 0) is 26.0 Å². The van der Waals surface area contributed by atoms with Crippen LogP contribution in [0.5, 0.6) is 0 Å². The highest BCUT2D eigenvalue weighted by Crippen LogP contribution is 2.14. The molecule has 0 aliphatic heterocycles. The van der Waals surface area contributed by atoms with E-state index in [2.05, 4.69) is 0 Å². The highest BCUT2D eigenvalue weighted by Gasteiger charge is 2.19. The fourth-order valence-corrected chi connectivity index (χ4v) is 2.16. The van der Waals surface area contributed by atoms with Gasteiger partial charge in [-0.25, -0.2) is 0 Å². The van der Waals surface area contributed by atoms with Crippen molar-refractivity contribution in [1.29, 1.82) is 0 Å². The molecular weight excluding hydrogens is 278 g/mol. The van der Waals surface area contributed by atoms with Gasteiger partial charge in [-0.2, -0.15) is 0 Å². The van der Waals surface area contributed by atoms with Crippen molar-refractivity contribution in [3.8, 4) is 0 Å². The molecule has 0 fully saturated rings. The second-order valence-corrected chi connectivity index (χ2v) is 5.00. The average molecular weight is 298 g/mol. The van der Waals surface area contributed by atoms with Crippen LogP contribution in [-0.2, 0) is 4.79 Å². The SMILES string of the molecule is CCN(CC)C(=O)CC(O)CC(=O)c1cccc(Cl)c1. The van der Waals surface area contributed by atoms with Crippen LogP contribution in [0.1, 0.15) is 37.0 Å². The molecule has 0 radical (unpaired) electrons. The lowest BCUT2D eigenvalue weighted by Gasteiger charge is -2.20. The third kappa shape index (κ3) is 4.94. The lowest BCUT2D eigenvalue weighted by Crippen LogP contribution is -2.33. The predicted octanol–water partition coefficient (Wildman–Crippen LogP) is 2.53. The summed E-state index contributed by atoms with van der Waals surface area (Å²) in [4.78, 5) is 25.4. The first-order chi connectivity index (χ1) is 9.47. The Hall–Kier alpha value is -1.39. The molecule has 0 aliphatic rings. The van der Waals surface area contributed by atoms with Crippen molar-refractivity contribution in [2.24, 2.45) is 0 Å². The number of hydrogen-bond donors (Lipinski definition) is 1. The number of carbonyl (C=O) groups excluding carboxylic acids is 2. The minimum Gasteiger partial charge on any atom is -0.392 e. The van der Waals surface area contributed by atoms with Gasteiger partial charge in [0, 0.05) is 30.1 Å². The Morgan fingerprint density at radius 2 is 1.90 bits per heavy atom. The molecule has 1 aromatic carbocycles. The van der Waals surface area contributed by atoms with Crippen LogP contribution in [0, 0.1) is 0 Å². The highest BCUT2D eigenvalue weighted by atomic mass is 35.5. The summed E-state index contributed by atoms with van der Waals surface area (Å²) >= 11 is 5.81. The number of nitrogens with zero attached hydrogens (tertiary/aromatic N) is 1. The van der Waals surface area contributed by atoms with Gasteiger partial charge in [0.05, 0.1) is 12.5 Å². The van der Waals surface area contributed by atoms with Crippen LogP contribution in [-0.4, -0.2) is 40.9 Å². The number of hydrogen-bond acceptors (Lipinski definition) is 3. The maximum atomic E-state index is 12.0. The zero-order chi connectivity index (χ0) is 15.1. The summed E-state index contributed by atoms with van der Waals surface area (Å²) in [6.07, 6.45) is -1.07. The summed E-state index contributed by atoms with van der Waals surface area (Å²) in [5, 5.41) is 10.3. The van der Waals surface area contributed by atoms with Gasteiger partial charge in [0.2, 0.25) is 5.91 Å². The van der Waals surface area contributed by atoms with Crippen molar-refractivity contribution in [1.82, 2.24) is 4.90 Å². The molecule has 1 amide bonds. The second kappa shape index (κ2) is 8.02. The van der Waals surface area contributed by atoms with Crippen LogP contribution >= 0.6 is 11.6 Å². The number of amides is 1. The number of carbonyl (C=O) groups is 2. The number of rotatable bonds is 7. The number of ketones is 1. The molecule has 4 nitrogen and oxygen atoms in total. The highest BCUT2D eigenvalue weighted by molar-refractivity contribution is 6.31. The van der Waals surface area contributed by atoms with Gasteiger partial charge in [-0.15, -0.1) is 0 Å². The Kier molecular flexibility index (Phi) is 6.68. The summed E-state index contributed by atoms with van der Waals surface area (Å²) in [6.45, 7) is 4.96. The molecule has 5 heteroatoms. The first-order valence-electron chi connectivity index (χ1n) is 6.72. The summed E-state index contributed by atoms with van der Waals surface area (Å²) in [5.74, 6) is -0.353. The van der Waals surface area contributed by atoms with Gasteiger partial charge < -0.3 is 10.0 Å². The van der Waals surface area contributed by atoms with E-state index in [0.717, 1.165) is 0 Å². The van der Waals surface area contributed by atoms with E-state index in [4.69, 9.17) is 11.6 Å². The standard InChI is InChI=1S/C15H20ClNO3/c1-3-17(4-2)15(20)10-13(18)9-14(19)11-6-5-7-12(16)8-11/h5-8,13,18H,3-4,9-10H2,1-2H3. The maximum absolute atomic E-state index is 12.0. The second-order valence-electron chi connectivity index (χ2n) is 4.56. The van der Waals surface area contributed by atoms with E-state index in [-0.39, 0.29) is 24.5 Å². The van der Waals surface area contributed by atoms with E-state index in [1.807, 2.05) is 13.8 Å². The molecule has 1 atom stereocenters. The number of Topliss-reactive ketones (excluding diaryl/α,β-unsaturated/α-hetero) is 1. The van der Waals surface area contributed by atoms with E-state index in [1.54, 1.807) is 29.2 Å². The zero-order valence-corrected chi connectivity index (χ0v) is 12.6. The van der Waals surface area contributed by atoms with E-state index < -0.39 is 6.10 Å². The molecule has 0 bridgehead atoms. The van der Waals surface area contributed by atoms with E-state index >= 15 is 0 Å². The van der Waals surface area contributed by atoms with Gasteiger partial charge in [-0.3, -0.25) is 9.59 Å². The fraction of sp³-hybridized carbons (Fsp3) is 0.467. The summed E-state index contributed by atoms with van der Waals surface area (Å²) < 4.78 is 0. The molecule has 1 rings (SSSR count). The third-order valence-corrected chi connectivity index (χ3v) is 3.33. The Morgan fingerprint density at radius 1 is 1.25 bits per heavy atom. The number of aliphatic hydroxyl groups is 1. The molecule has 110 valence electrons. The first kappa shape index (κ1) is 16.7. The molecule has 1 unspecified atom stereocenters. The van der Waals surface area contributed by atoms with Crippen molar-refractivity contribution in [3.05, 3.63) is 34.9 Å². The van der Waals surface area contributed by atoms with E-state index in [9.17, 15) is 14.7 Å². The van der Waals surface area contributed by atoms with Crippen LogP contribution in [0.2, 0.25) is 5.02 Å². The lowest BCUT2D eigenvalue weighted by molar-refractivity contribution is -0.132. The number of benzene rings is 1. The topological polar surface area (TPSA) is 57.6 Å². The molecule has 0 spiro atoms. The third-order valence-electron chi connectivity index (χ3n) is 3.09. The molecule has 20 heavy (non-hydrogen) atoms. The van der Waals surface area contributed by atoms with Crippen LogP contribution in [0.15, 0.2) is 24.3 Å². The summed E-state index contributed by atoms with van der Waals surface area (Å²) in [5.41, 5.74) is 0.451. The summed E-state index contributed by atoms with van der Waals surface area (Å²) in [7, 11) is 0. The van der Waals surface area contributed by atoms with Gasteiger partial charge >= 0.3 is 0 Å². The van der Waals surface area contributed by atoms with Gasteiger partial charge in [-0.1, -0.05) is 23.7 Å². The van der Waals surface area contributed by atoms with Gasteiger partial charge in [0.1, 0.15) is 0 Å². The normalized spacial score (nSPS) is 12.0. The molecule has 1 N–H and O–H groups in total. The lowest BCUT2D eigenvalue weighted by atomic mass is 10.0. The monoisotopic (exact) mass is 297 g/mol. The summed E-state index contributed by atoms with van der Waals surface area (Å²) in [6, 6.07) is 6.57. The van der Waals surface area contributed by atoms with Crippen molar-refractivity contribution in [2.75, 3.05) is 13.1 Å². The predicted molar refractivity (Wildman–Crippen MR) is 79.0 cm³/mol. The van der Waals surface area contributed by atoms with Crippen LogP contribution in [0.4, 0.5) is 0 Å². The van der Waals surface area contributed by atoms with Crippen molar-refractivity contribution >= 4 is 23.3 Å². The quantitative estimate of drug-likeness (QED) is 0.787. The first-order valence-corrected chi connectivity index (χ1v) is 7.10. The largest absolute Gasteiger partial charge is 0.392 e. The fourth-order valence-electron chi connectivity index (χ4n) is 1.97. The van der Waals surface area contributed by atoms with Crippen LogP contribution < -0.4 is 0 Å². The Labute approximate surface area is 124 Å². The number of halogens is 1. The Morgan fingerprint density at radius 3 is 2.45 bits per heavy atom. The molecular formula is C15H20ClNO3. The molecule has 0 saturated heterocycles. The molecule has 0 saturated carbocycles. The Balaban J connectivity index is 2.56. The smallest absolute Gasteiger partial charge is 0.225 e. The van der Waals surface area contributed by atoms with Crippen molar-refractivity contribution in [2.45, 2.75) is 32.8 Å². The molecule has 0 aliphatic carbocycles. The molecule has 0 aromatic heterocycles. The van der Waals surface area contributed by atoms with E-state index in [1.165, 1.54) is 0 Å². The maximum Gasteiger partial charge on any atom is 0.225 e. The van der Waals surface area contributed by atoms with Crippen LogP contribution in [0.3, 0.4) is 0 Å². The van der Waals surface area contributed by atoms with Crippen LogP contribution in [0.25, 0.3) is 0 Å². The van der Waals surface area contributed by atoms with Crippen molar-refractivity contribution in [3.63, 3.8) is 0 Å². The molecule has 0 heterocycles. The Bertz CT molecular complexity index is 472. The zero-order valence-electron chi connectivity index (χ0n) is 11.8. The number of aliphatic hydroxyl groups excluding tert-OH is 1. The van der Waals surface area contributed by atoms with Crippen molar-refractivity contribution < 1.29 is 14.7 Å². The average Bonchev–Trinajstić information content (AvgIpc) is 2.39. The van der Waals surface area contributed by atoms with E-state index in [0.29, 0.717) is 23.7 Å². The van der Waals surface area contributed by atoms with Gasteiger partial charge in [0.25, 0.3) is 0 Å². The minimum atomic E-state index is -0.963. The van der Waals surface area contributed by atoms with Gasteiger partial charge in [0.15, 0.2) is 5.78 Å².